The van der Waals surface area contributed by atoms with E-state index in [1.165, 1.54) is 0 Å². The lowest BCUT2D eigenvalue weighted by Gasteiger charge is -2.18. The molecular weight excluding hydrogens is 888 g/mol. The molecule has 0 aliphatic heterocycles. The van der Waals surface area contributed by atoms with Crippen LogP contribution in [-0.2, 0) is 27.2 Å². The highest BCUT2D eigenvalue weighted by molar-refractivity contribution is 6.41. The summed E-state index contributed by atoms with van der Waals surface area (Å²) in [7, 11) is 0. The number of carbonyl (C=O) groups is 5. The number of benzene rings is 6. The van der Waals surface area contributed by atoms with Crippen molar-refractivity contribution in [1.29, 1.82) is 0 Å². The van der Waals surface area contributed by atoms with Crippen LogP contribution >= 0.6 is 46.4 Å². The van der Waals surface area contributed by atoms with Crippen molar-refractivity contribution < 1.29 is 38.9 Å². The minimum Gasteiger partial charge on any atom is -0.481 e. The zero-order valence-electron chi connectivity index (χ0n) is 33.4. The minimum atomic E-state index is -1.21. The van der Waals surface area contributed by atoms with E-state index < -0.39 is 41.8 Å². The number of carbonyl (C=O) groups excluding carboxylic acids is 3. The molecule has 15 heteroatoms. The van der Waals surface area contributed by atoms with Crippen molar-refractivity contribution in [2.45, 2.75) is 31.7 Å². The predicted molar refractivity (Wildman–Crippen MR) is 246 cm³/mol. The highest BCUT2D eigenvalue weighted by atomic mass is 35.5. The highest BCUT2D eigenvalue weighted by Gasteiger charge is 2.30. The molecule has 0 heterocycles. The lowest BCUT2D eigenvalue weighted by atomic mass is 9.98. The van der Waals surface area contributed by atoms with Gasteiger partial charge in [0.1, 0.15) is 12.6 Å². The number of ether oxygens (including phenoxy) is 1. The van der Waals surface area contributed by atoms with Crippen molar-refractivity contribution in [2.24, 2.45) is 5.92 Å². The fraction of sp³-hybridized carbons (Fsp3) is 0.146. The number of nitrogens with one attached hydrogen (secondary N) is 3. The highest BCUT2D eigenvalue weighted by Crippen LogP contribution is 2.44. The van der Waals surface area contributed by atoms with Crippen molar-refractivity contribution in [2.75, 3.05) is 17.2 Å². The number of halogens is 4. The number of carboxylic acid groups (broad SMARTS) is 2. The number of alkyl carbamates (subject to hydrolysis) is 1. The van der Waals surface area contributed by atoms with Gasteiger partial charge in [-0.25, -0.2) is 9.59 Å². The molecule has 0 saturated carbocycles. The molecule has 0 spiro atoms. The van der Waals surface area contributed by atoms with Crippen LogP contribution in [0.5, 0.6) is 0 Å². The van der Waals surface area contributed by atoms with Crippen LogP contribution in [0.25, 0.3) is 11.1 Å². The Kier molecular flexibility index (Phi) is 15.5. The largest absolute Gasteiger partial charge is 0.481 e. The molecule has 0 aromatic heterocycles. The monoisotopic (exact) mass is 925 g/mol. The average molecular weight is 928 g/mol. The summed E-state index contributed by atoms with van der Waals surface area (Å²) in [6.07, 6.45) is -0.362. The molecule has 0 radical (unpaired) electrons. The van der Waals surface area contributed by atoms with Crippen molar-refractivity contribution in [3.05, 3.63) is 187 Å². The molecule has 0 saturated heterocycles. The van der Waals surface area contributed by atoms with E-state index >= 15 is 0 Å². The Bertz CT molecular complexity index is 2570. The molecule has 6 aromatic rings. The Morgan fingerprint density at radius 1 is 0.556 bits per heavy atom. The van der Waals surface area contributed by atoms with Gasteiger partial charge in [-0.05, 0) is 88.3 Å². The van der Waals surface area contributed by atoms with E-state index in [9.17, 15) is 29.1 Å². The van der Waals surface area contributed by atoms with Gasteiger partial charge in [-0.3, -0.25) is 14.4 Å². The van der Waals surface area contributed by atoms with Gasteiger partial charge >= 0.3 is 18.0 Å². The van der Waals surface area contributed by atoms with Gasteiger partial charge in [0, 0.05) is 23.7 Å². The van der Waals surface area contributed by atoms with Crippen molar-refractivity contribution in [3.8, 4) is 11.1 Å². The van der Waals surface area contributed by atoms with Gasteiger partial charge in [0.2, 0.25) is 0 Å². The van der Waals surface area contributed by atoms with Crippen LogP contribution in [0.15, 0.2) is 133 Å². The quantitative estimate of drug-likeness (QED) is 0.0762. The van der Waals surface area contributed by atoms with Crippen molar-refractivity contribution in [1.82, 2.24) is 5.32 Å². The zero-order chi connectivity index (χ0) is 45.2. The molecule has 322 valence electrons. The smallest absolute Gasteiger partial charge is 0.407 e. The van der Waals surface area contributed by atoms with Crippen LogP contribution in [0.2, 0.25) is 20.1 Å². The molecule has 0 fully saturated rings. The van der Waals surface area contributed by atoms with Crippen LogP contribution in [0.3, 0.4) is 0 Å². The van der Waals surface area contributed by atoms with E-state index in [0.29, 0.717) is 23.4 Å². The van der Waals surface area contributed by atoms with Gasteiger partial charge in [-0.2, -0.15) is 0 Å². The van der Waals surface area contributed by atoms with E-state index in [1.54, 1.807) is 91.9 Å². The fourth-order valence-corrected chi connectivity index (χ4v) is 8.06. The first kappa shape index (κ1) is 46.1. The summed E-state index contributed by atoms with van der Waals surface area (Å²) in [5, 5.41) is 27.5. The third-order valence-corrected chi connectivity index (χ3v) is 11.4. The summed E-state index contributed by atoms with van der Waals surface area (Å²) in [6, 6.07) is 37.9. The first-order chi connectivity index (χ1) is 30.2. The Labute approximate surface area is 382 Å². The summed E-state index contributed by atoms with van der Waals surface area (Å²) in [4.78, 5) is 60.2. The second-order valence-electron chi connectivity index (χ2n) is 14.5. The first-order valence-corrected chi connectivity index (χ1v) is 21.0. The van der Waals surface area contributed by atoms with Gasteiger partial charge in [0.25, 0.3) is 11.8 Å². The number of aliphatic carboxylic acids is 2. The third kappa shape index (κ3) is 11.8. The number of hydrogen-bond acceptors (Lipinski definition) is 6. The molecular formula is C48H39Cl4N3O8. The van der Waals surface area contributed by atoms with Gasteiger partial charge < -0.3 is 30.9 Å². The predicted octanol–water partition coefficient (Wildman–Crippen LogP) is 11.3. The third-order valence-electron chi connectivity index (χ3n) is 10.1. The molecule has 63 heavy (non-hydrogen) atoms. The number of carboxylic acids is 2. The second kappa shape index (κ2) is 21.1. The fourth-order valence-electron chi connectivity index (χ4n) is 6.92. The van der Waals surface area contributed by atoms with Crippen LogP contribution in [-0.4, -0.2) is 52.7 Å². The second-order valence-corrected chi connectivity index (χ2v) is 16.1. The van der Waals surface area contributed by atoms with Gasteiger partial charge in [0.15, 0.2) is 0 Å². The lowest BCUT2D eigenvalue weighted by Crippen LogP contribution is -2.42. The van der Waals surface area contributed by atoms with E-state index in [0.717, 1.165) is 27.8 Å². The number of anilines is 2. The molecule has 11 nitrogen and oxygen atoms in total. The van der Waals surface area contributed by atoms with Crippen LogP contribution in [0.4, 0.5) is 16.2 Å². The molecule has 2 unspecified atom stereocenters. The minimum absolute atomic E-state index is 0.0180. The van der Waals surface area contributed by atoms with Crippen LogP contribution in [0, 0.1) is 5.92 Å². The van der Waals surface area contributed by atoms with E-state index in [4.69, 9.17) is 56.2 Å². The Morgan fingerprint density at radius 3 is 1.38 bits per heavy atom. The zero-order valence-corrected chi connectivity index (χ0v) is 36.4. The Balaban J connectivity index is 0.000000244. The summed E-state index contributed by atoms with van der Waals surface area (Å²) in [5.41, 5.74) is 7.29. The summed E-state index contributed by atoms with van der Waals surface area (Å²) >= 11 is 24.2. The number of amides is 3. The summed E-state index contributed by atoms with van der Waals surface area (Å²) in [6.45, 7) is 1.73. The number of hydrogen-bond donors (Lipinski definition) is 5. The molecule has 5 N–H and O–H groups in total. The van der Waals surface area contributed by atoms with Crippen molar-refractivity contribution in [3.63, 3.8) is 0 Å². The average Bonchev–Trinajstić information content (AvgIpc) is 3.57. The van der Waals surface area contributed by atoms with Gasteiger partial charge in [-0.1, -0.05) is 138 Å². The Morgan fingerprint density at radius 2 is 0.968 bits per heavy atom. The maximum absolute atomic E-state index is 12.6. The maximum atomic E-state index is 12.6. The molecule has 6 aromatic carbocycles. The first-order valence-electron chi connectivity index (χ1n) is 19.5. The van der Waals surface area contributed by atoms with Crippen LogP contribution in [0.1, 0.15) is 55.8 Å². The Hall–Kier alpha value is -6.37. The summed E-state index contributed by atoms with van der Waals surface area (Å²) < 4.78 is 5.50. The molecule has 1 aliphatic carbocycles. The van der Waals surface area contributed by atoms with Crippen molar-refractivity contribution >= 4 is 87.6 Å². The van der Waals surface area contributed by atoms with E-state index in [-0.39, 0.29) is 50.2 Å². The van der Waals surface area contributed by atoms with E-state index in [2.05, 4.69) is 16.0 Å². The van der Waals surface area contributed by atoms with Gasteiger partial charge in [0.05, 0.1) is 37.1 Å². The normalized spacial score (nSPS) is 12.3. The number of rotatable bonds is 13. The van der Waals surface area contributed by atoms with E-state index in [1.807, 2.05) is 48.5 Å². The standard InChI is InChI=1S/C31H24Cl2N2O5.C17H15Cl2NO3/c32-25-10-5-11-26(33)28(25)29(36)34-19-14-12-18(13-15-19)16-27(30(37)38)35-31(39)40-17-24-22-8-3-1-6-20(22)21-7-2-4-9-23(21)24;1-10(17(22)23)9-11-5-7-12(8-6-11)20-16(21)15-13(18)3-2-4-14(15)19/h1-15,24,27H,16-17H2,(H,34,36)(H,35,39)(H,37,38);2-8,10H,9H2,1H3,(H,20,21)(H,22,23). The summed E-state index contributed by atoms with van der Waals surface area (Å²) in [5.74, 6) is -3.49. The van der Waals surface area contributed by atoms with Gasteiger partial charge in [-0.15, -0.1) is 0 Å². The molecule has 0 bridgehead atoms. The topological polar surface area (TPSA) is 171 Å². The molecule has 1 aliphatic rings. The molecule has 7 rings (SSSR count). The number of fused-ring (bicyclic) bond motifs is 3. The lowest BCUT2D eigenvalue weighted by molar-refractivity contribution is -0.141. The SMILES string of the molecule is CC(Cc1ccc(NC(=O)c2c(Cl)cccc2Cl)cc1)C(=O)O.O=C(NC(Cc1ccc(NC(=O)c2c(Cl)cccc2Cl)cc1)C(=O)O)OCC1c2ccccc2-c2ccccc21. The molecule has 2 atom stereocenters. The molecule has 3 amide bonds. The maximum Gasteiger partial charge on any atom is 0.407 e. The van der Waals surface area contributed by atoms with Crippen LogP contribution < -0.4 is 16.0 Å².